The molecule has 7 heteroatoms. The molecule has 1 amide bonds. The summed E-state index contributed by atoms with van der Waals surface area (Å²) in [6.45, 7) is 2.70. The molecular weight excluding hydrogens is 322 g/mol. The van der Waals surface area contributed by atoms with Gasteiger partial charge in [-0.1, -0.05) is 23.4 Å². The molecule has 3 aromatic rings. The number of anilines is 1. The molecule has 2 aromatic heterocycles. The number of hydrogen-bond acceptors (Lipinski definition) is 6. The normalized spacial score (nSPS) is 11.0. The molecule has 0 aliphatic heterocycles. The van der Waals surface area contributed by atoms with Crippen molar-refractivity contribution in [3.63, 3.8) is 0 Å². The van der Waals surface area contributed by atoms with Crippen molar-refractivity contribution >= 4 is 11.7 Å². The zero-order chi connectivity index (χ0) is 17.6. The van der Waals surface area contributed by atoms with Gasteiger partial charge in [-0.2, -0.15) is 0 Å². The van der Waals surface area contributed by atoms with Crippen molar-refractivity contribution in [3.05, 3.63) is 65.8 Å². The number of furan rings is 1. The number of phenolic OH excluding ortho intramolecular Hbond substituents is 1. The first-order valence-corrected chi connectivity index (χ1v) is 7.85. The molecule has 2 heterocycles. The molecule has 0 saturated carbocycles. The molecule has 0 aliphatic carbocycles. The number of rotatable bonds is 7. The lowest BCUT2D eigenvalue weighted by molar-refractivity contribution is -0.117. The van der Waals surface area contributed by atoms with Crippen LogP contribution in [0, 0.1) is 6.92 Å². The molecule has 0 radical (unpaired) electrons. The van der Waals surface area contributed by atoms with Crippen molar-refractivity contribution in [2.75, 3.05) is 11.9 Å². The molecular formula is C18H19N3O4. The average Bonchev–Trinajstić information content (AvgIpc) is 3.21. The summed E-state index contributed by atoms with van der Waals surface area (Å²) in [5, 5.41) is 16.4. The highest BCUT2D eigenvalue weighted by Crippen LogP contribution is 2.19. The predicted molar refractivity (Wildman–Crippen MR) is 90.8 cm³/mol. The summed E-state index contributed by atoms with van der Waals surface area (Å²) in [6, 6.07) is 12.3. The topological polar surface area (TPSA) is 91.7 Å². The van der Waals surface area contributed by atoms with E-state index in [2.05, 4.69) is 10.5 Å². The van der Waals surface area contributed by atoms with E-state index in [1.807, 2.05) is 23.1 Å². The number of phenols is 1. The molecule has 0 unspecified atom stereocenters. The largest absolute Gasteiger partial charge is 0.508 e. The van der Waals surface area contributed by atoms with Crippen LogP contribution in [0.5, 0.6) is 5.75 Å². The molecule has 0 fully saturated rings. The van der Waals surface area contributed by atoms with Gasteiger partial charge in [0.05, 0.1) is 19.4 Å². The van der Waals surface area contributed by atoms with E-state index in [0.717, 1.165) is 11.3 Å². The van der Waals surface area contributed by atoms with E-state index in [4.69, 9.17) is 8.94 Å². The third kappa shape index (κ3) is 4.71. The zero-order valence-electron chi connectivity index (χ0n) is 13.8. The Hall–Kier alpha value is -3.06. The quantitative estimate of drug-likeness (QED) is 0.686. The van der Waals surface area contributed by atoms with Crippen LogP contribution < -0.4 is 5.32 Å². The number of nitrogens with zero attached hydrogens (tertiary/aromatic N) is 2. The Bertz CT molecular complexity index is 826. The van der Waals surface area contributed by atoms with Crippen molar-refractivity contribution in [1.82, 2.24) is 10.1 Å². The molecule has 0 aliphatic rings. The van der Waals surface area contributed by atoms with Gasteiger partial charge in [0.15, 0.2) is 5.82 Å². The van der Waals surface area contributed by atoms with Crippen LogP contribution in [0.15, 0.2) is 57.7 Å². The highest BCUT2D eigenvalue weighted by atomic mass is 16.5. The number of aromatic nitrogens is 1. The number of aromatic hydroxyl groups is 1. The van der Waals surface area contributed by atoms with Crippen molar-refractivity contribution < 1.29 is 18.8 Å². The molecule has 0 bridgehead atoms. The lowest BCUT2D eigenvalue weighted by Crippen LogP contribution is -2.32. The van der Waals surface area contributed by atoms with Crippen LogP contribution in [-0.2, 0) is 17.9 Å². The van der Waals surface area contributed by atoms with Gasteiger partial charge in [-0.15, -0.1) is 0 Å². The molecule has 1 aromatic carbocycles. The highest BCUT2D eigenvalue weighted by Gasteiger charge is 2.16. The second-order valence-electron chi connectivity index (χ2n) is 5.72. The first-order valence-electron chi connectivity index (χ1n) is 7.85. The van der Waals surface area contributed by atoms with E-state index in [-0.39, 0.29) is 18.2 Å². The van der Waals surface area contributed by atoms with E-state index in [1.165, 1.54) is 0 Å². The minimum absolute atomic E-state index is 0.112. The van der Waals surface area contributed by atoms with E-state index >= 15 is 0 Å². The summed E-state index contributed by atoms with van der Waals surface area (Å²) in [6.07, 6.45) is 1.59. The maximum Gasteiger partial charge on any atom is 0.239 e. The number of benzene rings is 1. The van der Waals surface area contributed by atoms with Gasteiger partial charge in [-0.05, 0) is 25.1 Å². The molecule has 130 valence electrons. The molecule has 2 N–H and O–H groups in total. The third-order valence-electron chi connectivity index (χ3n) is 3.61. The molecule has 25 heavy (non-hydrogen) atoms. The minimum atomic E-state index is -0.227. The number of carbonyl (C=O) groups excluding carboxylic acids is 1. The highest BCUT2D eigenvalue weighted by molar-refractivity contribution is 5.91. The van der Waals surface area contributed by atoms with Gasteiger partial charge >= 0.3 is 0 Å². The average molecular weight is 341 g/mol. The van der Waals surface area contributed by atoms with Crippen molar-refractivity contribution in [1.29, 1.82) is 0 Å². The summed E-state index contributed by atoms with van der Waals surface area (Å²) < 4.78 is 10.3. The van der Waals surface area contributed by atoms with Crippen molar-refractivity contribution in [2.45, 2.75) is 20.0 Å². The van der Waals surface area contributed by atoms with E-state index in [0.29, 0.717) is 24.7 Å². The van der Waals surface area contributed by atoms with Gasteiger partial charge < -0.3 is 19.4 Å². The van der Waals surface area contributed by atoms with Crippen LogP contribution >= 0.6 is 0 Å². The van der Waals surface area contributed by atoms with Gasteiger partial charge in [0.2, 0.25) is 5.91 Å². The first kappa shape index (κ1) is 16.8. The Morgan fingerprint density at radius 1 is 1.24 bits per heavy atom. The van der Waals surface area contributed by atoms with Gasteiger partial charge in [-0.3, -0.25) is 9.69 Å². The lowest BCUT2D eigenvalue weighted by Gasteiger charge is -2.21. The summed E-state index contributed by atoms with van der Waals surface area (Å²) in [4.78, 5) is 14.2. The number of aryl methyl sites for hydroxylation is 1. The van der Waals surface area contributed by atoms with Crippen LogP contribution in [0.25, 0.3) is 0 Å². The Morgan fingerprint density at radius 2 is 2.08 bits per heavy atom. The predicted octanol–water partition coefficient (Wildman–Crippen LogP) is 2.92. The number of amides is 1. The molecule has 3 rings (SSSR count). The van der Waals surface area contributed by atoms with Crippen LogP contribution in [0.1, 0.15) is 17.1 Å². The Labute approximate surface area is 144 Å². The molecule has 0 saturated heterocycles. The van der Waals surface area contributed by atoms with Gasteiger partial charge in [0.1, 0.15) is 17.3 Å². The van der Waals surface area contributed by atoms with Gasteiger partial charge in [-0.25, -0.2) is 0 Å². The second kappa shape index (κ2) is 7.67. The maximum absolute atomic E-state index is 12.3. The van der Waals surface area contributed by atoms with E-state index < -0.39 is 0 Å². The van der Waals surface area contributed by atoms with Crippen molar-refractivity contribution in [3.8, 4) is 5.75 Å². The van der Waals surface area contributed by atoms with E-state index in [1.54, 1.807) is 37.5 Å². The first-order chi connectivity index (χ1) is 12.1. The summed E-state index contributed by atoms with van der Waals surface area (Å²) in [5.41, 5.74) is 0.735. The number of hydrogen-bond donors (Lipinski definition) is 2. The smallest absolute Gasteiger partial charge is 0.239 e. The van der Waals surface area contributed by atoms with E-state index in [9.17, 15) is 9.90 Å². The minimum Gasteiger partial charge on any atom is -0.508 e. The maximum atomic E-state index is 12.3. The summed E-state index contributed by atoms with van der Waals surface area (Å²) in [5.74, 6) is 1.70. The Balaban J connectivity index is 1.69. The monoisotopic (exact) mass is 341 g/mol. The van der Waals surface area contributed by atoms with Crippen LogP contribution in [0.4, 0.5) is 5.82 Å². The fourth-order valence-corrected chi connectivity index (χ4v) is 2.49. The number of carbonyl (C=O) groups is 1. The Kier molecular flexibility index (Phi) is 5.15. The van der Waals surface area contributed by atoms with Crippen LogP contribution in [0.3, 0.4) is 0 Å². The van der Waals surface area contributed by atoms with Crippen LogP contribution in [0.2, 0.25) is 0 Å². The SMILES string of the molecule is Cc1cc(NC(=O)CN(Cc2ccco2)Cc2ccccc2O)no1. The summed E-state index contributed by atoms with van der Waals surface area (Å²) >= 11 is 0. The lowest BCUT2D eigenvalue weighted by atomic mass is 10.2. The number of para-hydroxylation sites is 1. The molecule has 0 atom stereocenters. The fraction of sp³-hybridized carbons (Fsp3) is 0.222. The second-order valence-corrected chi connectivity index (χ2v) is 5.72. The standard InChI is InChI=1S/C18H19N3O4/c1-13-9-17(20-25-13)19-18(23)12-21(11-15-6-4-8-24-15)10-14-5-2-3-7-16(14)22/h2-9,22H,10-12H2,1H3,(H,19,20,23). The fourth-order valence-electron chi connectivity index (χ4n) is 2.49. The van der Waals surface area contributed by atoms with Gasteiger partial charge in [0, 0.05) is 18.2 Å². The third-order valence-corrected chi connectivity index (χ3v) is 3.61. The van der Waals surface area contributed by atoms with Crippen LogP contribution in [-0.4, -0.2) is 27.6 Å². The number of nitrogens with one attached hydrogen (secondary N) is 1. The van der Waals surface area contributed by atoms with Crippen molar-refractivity contribution in [2.24, 2.45) is 0 Å². The Morgan fingerprint density at radius 3 is 2.76 bits per heavy atom. The molecule has 0 spiro atoms. The molecule has 7 nitrogen and oxygen atoms in total. The van der Waals surface area contributed by atoms with Gasteiger partial charge in [0.25, 0.3) is 0 Å². The summed E-state index contributed by atoms with van der Waals surface area (Å²) in [7, 11) is 0. The zero-order valence-corrected chi connectivity index (χ0v) is 13.8.